The van der Waals surface area contributed by atoms with Gasteiger partial charge in [0.15, 0.2) is 0 Å². The van der Waals surface area contributed by atoms with Gasteiger partial charge in [0.1, 0.15) is 0 Å². The van der Waals surface area contributed by atoms with Crippen molar-refractivity contribution in [2.24, 2.45) is 0 Å². The second-order valence-electron chi connectivity index (χ2n) is 3.94. The lowest BCUT2D eigenvalue weighted by Crippen LogP contribution is -2.36. The van der Waals surface area contributed by atoms with E-state index in [1.165, 1.54) is 24.1 Å². The summed E-state index contributed by atoms with van der Waals surface area (Å²) in [6.45, 7) is 0.245. The van der Waals surface area contributed by atoms with Crippen molar-refractivity contribution in [2.45, 2.75) is 0 Å². The van der Waals surface area contributed by atoms with Crippen molar-refractivity contribution in [2.75, 3.05) is 33.4 Å². The van der Waals surface area contributed by atoms with Crippen LogP contribution in [0.15, 0.2) is 18.2 Å². The number of phenols is 1. The first-order valence-corrected chi connectivity index (χ1v) is 5.88. The molecule has 8 nitrogen and oxygen atoms in total. The predicted octanol–water partition coefficient (Wildman–Crippen LogP) is 0.381. The Balaban J connectivity index is 3.05. The second-order valence-corrected chi connectivity index (χ2v) is 3.94. The number of nitro groups is 1. The number of carbonyl (C=O) groups is 1. The Morgan fingerprint density at radius 2 is 2.15 bits per heavy atom. The van der Waals surface area contributed by atoms with E-state index < -0.39 is 22.3 Å². The number of methoxy groups -OCH3 is 1. The van der Waals surface area contributed by atoms with Gasteiger partial charge in [0.2, 0.25) is 5.75 Å². The van der Waals surface area contributed by atoms with Crippen LogP contribution in [-0.4, -0.2) is 59.4 Å². The fourth-order valence-corrected chi connectivity index (χ4v) is 1.66. The molecule has 1 aromatic rings. The molecular formula is C12H16N2O6. The highest BCUT2D eigenvalue weighted by Gasteiger charge is 2.24. The van der Waals surface area contributed by atoms with Gasteiger partial charge in [0.05, 0.1) is 23.7 Å². The van der Waals surface area contributed by atoms with Crippen LogP contribution >= 0.6 is 0 Å². The molecule has 0 aliphatic rings. The van der Waals surface area contributed by atoms with Crippen molar-refractivity contribution >= 4 is 11.6 Å². The van der Waals surface area contributed by atoms with E-state index in [1.54, 1.807) is 0 Å². The van der Waals surface area contributed by atoms with E-state index in [1.807, 2.05) is 0 Å². The van der Waals surface area contributed by atoms with Crippen molar-refractivity contribution < 1.29 is 24.7 Å². The summed E-state index contributed by atoms with van der Waals surface area (Å²) in [7, 11) is 1.46. The highest BCUT2D eigenvalue weighted by Crippen LogP contribution is 2.30. The first-order chi connectivity index (χ1) is 9.52. The molecule has 0 saturated heterocycles. The molecule has 20 heavy (non-hydrogen) atoms. The minimum Gasteiger partial charge on any atom is -0.502 e. The number of nitrogens with zero attached hydrogens (tertiary/aromatic N) is 2. The number of ether oxygens (including phenoxy) is 1. The smallest absolute Gasteiger partial charge is 0.311 e. The third kappa shape index (κ3) is 3.65. The number of phenolic OH excluding ortho intramolecular Hbond substituents is 1. The summed E-state index contributed by atoms with van der Waals surface area (Å²) in [6.07, 6.45) is 0. The minimum atomic E-state index is -0.766. The average Bonchev–Trinajstić information content (AvgIpc) is 2.42. The molecule has 1 amide bonds. The molecule has 110 valence electrons. The Labute approximate surface area is 115 Å². The Bertz CT molecular complexity index is 491. The number of nitro benzene ring substituents is 1. The number of aromatic hydroxyl groups is 1. The van der Waals surface area contributed by atoms with Crippen molar-refractivity contribution in [3.8, 4) is 5.75 Å². The molecule has 0 saturated carbocycles. The van der Waals surface area contributed by atoms with Gasteiger partial charge in [-0.25, -0.2) is 0 Å². The van der Waals surface area contributed by atoms with Gasteiger partial charge < -0.3 is 19.8 Å². The van der Waals surface area contributed by atoms with Gasteiger partial charge in [0, 0.05) is 26.3 Å². The summed E-state index contributed by atoms with van der Waals surface area (Å²) in [5.41, 5.74) is -0.713. The standard InChI is InChI=1S/C12H16N2O6/c1-20-8-6-13(5-7-15)12(17)9-3-2-4-10(11(9)16)14(18)19/h2-4,15-16H,5-8H2,1H3. The zero-order valence-corrected chi connectivity index (χ0v) is 11.0. The molecule has 0 radical (unpaired) electrons. The number of aliphatic hydroxyl groups is 1. The van der Waals surface area contributed by atoms with Crippen molar-refractivity contribution in [3.05, 3.63) is 33.9 Å². The number of rotatable bonds is 7. The SMILES string of the molecule is COCCN(CCO)C(=O)c1cccc([N+](=O)[O-])c1O. The molecule has 1 rings (SSSR count). The number of para-hydroxylation sites is 1. The molecule has 2 N–H and O–H groups in total. The quantitative estimate of drug-likeness (QED) is 0.553. The molecule has 0 aromatic heterocycles. The van der Waals surface area contributed by atoms with Gasteiger partial charge in [0.25, 0.3) is 5.91 Å². The largest absolute Gasteiger partial charge is 0.502 e. The fourth-order valence-electron chi connectivity index (χ4n) is 1.66. The lowest BCUT2D eigenvalue weighted by Gasteiger charge is -2.21. The van der Waals surface area contributed by atoms with Gasteiger partial charge >= 0.3 is 5.69 Å². The number of aliphatic hydroxyl groups excluding tert-OH is 1. The average molecular weight is 284 g/mol. The number of amides is 1. The Kier molecular flexibility index (Phi) is 5.88. The molecule has 8 heteroatoms. The van der Waals surface area contributed by atoms with Crippen LogP contribution < -0.4 is 0 Å². The summed E-state index contributed by atoms with van der Waals surface area (Å²) < 4.78 is 4.85. The summed E-state index contributed by atoms with van der Waals surface area (Å²) in [4.78, 5) is 23.4. The summed E-state index contributed by atoms with van der Waals surface area (Å²) in [5, 5.41) is 29.5. The third-order valence-corrected chi connectivity index (χ3v) is 2.66. The topological polar surface area (TPSA) is 113 Å². The lowest BCUT2D eigenvalue weighted by molar-refractivity contribution is -0.385. The number of hydrogen-bond donors (Lipinski definition) is 2. The molecule has 0 aliphatic carbocycles. The van der Waals surface area contributed by atoms with Gasteiger partial charge in [-0.15, -0.1) is 0 Å². The highest BCUT2D eigenvalue weighted by molar-refractivity contribution is 5.98. The molecule has 0 bridgehead atoms. The third-order valence-electron chi connectivity index (χ3n) is 2.66. The Morgan fingerprint density at radius 1 is 1.45 bits per heavy atom. The molecule has 0 unspecified atom stereocenters. The number of carbonyl (C=O) groups excluding carboxylic acids is 1. The molecule has 0 spiro atoms. The van der Waals surface area contributed by atoms with E-state index in [9.17, 15) is 20.0 Å². The fraction of sp³-hybridized carbons (Fsp3) is 0.417. The maximum absolute atomic E-state index is 12.2. The van der Waals surface area contributed by atoms with Crippen LogP contribution in [0.1, 0.15) is 10.4 Å². The first kappa shape index (κ1) is 15.9. The Morgan fingerprint density at radius 3 is 2.70 bits per heavy atom. The second kappa shape index (κ2) is 7.41. The van der Waals surface area contributed by atoms with Crippen molar-refractivity contribution in [1.82, 2.24) is 4.90 Å². The maximum atomic E-state index is 12.2. The van der Waals surface area contributed by atoms with Crippen LogP contribution in [0.2, 0.25) is 0 Å². The maximum Gasteiger partial charge on any atom is 0.311 e. The van der Waals surface area contributed by atoms with E-state index in [2.05, 4.69) is 0 Å². The highest BCUT2D eigenvalue weighted by atomic mass is 16.6. The molecular weight excluding hydrogens is 268 g/mol. The van der Waals surface area contributed by atoms with Crippen LogP contribution in [-0.2, 0) is 4.74 Å². The van der Waals surface area contributed by atoms with Gasteiger partial charge in [-0.2, -0.15) is 0 Å². The minimum absolute atomic E-state index is 0.0460. The molecule has 0 heterocycles. The summed E-state index contributed by atoms with van der Waals surface area (Å²) in [6, 6.07) is 3.72. The predicted molar refractivity (Wildman–Crippen MR) is 69.6 cm³/mol. The first-order valence-electron chi connectivity index (χ1n) is 5.88. The summed E-state index contributed by atoms with van der Waals surface area (Å²) >= 11 is 0. The van der Waals surface area contributed by atoms with Gasteiger partial charge in [-0.3, -0.25) is 14.9 Å². The van der Waals surface area contributed by atoms with Crippen LogP contribution in [0.3, 0.4) is 0 Å². The van der Waals surface area contributed by atoms with E-state index in [0.717, 1.165) is 6.07 Å². The van der Waals surface area contributed by atoms with Crippen LogP contribution in [0.5, 0.6) is 5.75 Å². The zero-order valence-electron chi connectivity index (χ0n) is 11.0. The normalized spacial score (nSPS) is 10.3. The van der Waals surface area contributed by atoms with Crippen molar-refractivity contribution in [1.29, 1.82) is 0 Å². The van der Waals surface area contributed by atoms with Crippen LogP contribution in [0, 0.1) is 10.1 Å². The lowest BCUT2D eigenvalue weighted by atomic mass is 10.1. The van der Waals surface area contributed by atoms with E-state index in [-0.39, 0.29) is 31.9 Å². The molecule has 0 aliphatic heterocycles. The monoisotopic (exact) mass is 284 g/mol. The van der Waals surface area contributed by atoms with Crippen molar-refractivity contribution in [3.63, 3.8) is 0 Å². The number of hydrogen-bond acceptors (Lipinski definition) is 6. The molecule has 1 aromatic carbocycles. The number of benzene rings is 1. The van der Waals surface area contributed by atoms with Gasteiger partial charge in [-0.1, -0.05) is 6.07 Å². The zero-order chi connectivity index (χ0) is 15.1. The van der Waals surface area contributed by atoms with Crippen LogP contribution in [0.4, 0.5) is 5.69 Å². The van der Waals surface area contributed by atoms with E-state index in [0.29, 0.717) is 0 Å². The molecule has 0 fully saturated rings. The molecule has 0 atom stereocenters. The van der Waals surface area contributed by atoms with Crippen LogP contribution in [0.25, 0.3) is 0 Å². The van der Waals surface area contributed by atoms with Gasteiger partial charge in [-0.05, 0) is 6.07 Å². The van der Waals surface area contributed by atoms with E-state index >= 15 is 0 Å². The summed E-state index contributed by atoms with van der Waals surface area (Å²) in [5.74, 6) is -1.28. The Hall–Kier alpha value is -2.19. The van der Waals surface area contributed by atoms with E-state index in [4.69, 9.17) is 9.84 Å².